The molecule has 1 amide bonds. The molecule has 0 bridgehead atoms. The van der Waals surface area contributed by atoms with Crippen LogP contribution in [0.2, 0.25) is 0 Å². The third kappa shape index (κ3) is 1.68. The second-order valence-corrected chi connectivity index (χ2v) is 6.70. The van der Waals surface area contributed by atoms with E-state index in [0.717, 1.165) is 6.42 Å². The highest BCUT2D eigenvalue weighted by atomic mass is 16.5. The second kappa shape index (κ2) is 4.66. The Morgan fingerprint density at radius 3 is 2.85 bits per heavy atom. The topological polar surface area (TPSA) is 85.0 Å². The Kier molecular flexibility index (Phi) is 3.32. The van der Waals surface area contributed by atoms with Crippen LogP contribution in [0.4, 0.5) is 0 Å². The maximum atomic E-state index is 12.9. The van der Waals surface area contributed by atoms with Gasteiger partial charge in [0, 0.05) is 31.0 Å². The molecule has 3 N–H and O–H groups in total. The highest BCUT2D eigenvalue weighted by Crippen LogP contribution is 2.58. The summed E-state index contributed by atoms with van der Waals surface area (Å²) in [5, 5.41) is 9.20. The average molecular weight is 284 g/mol. The Labute approximate surface area is 119 Å². The minimum absolute atomic E-state index is 0.0176. The maximum Gasteiger partial charge on any atom is 0.243 e. The third-order valence-electron chi connectivity index (χ3n) is 5.44. The normalized spacial score (nSPS) is 43.0. The summed E-state index contributed by atoms with van der Waals surface area (Å²) in [6.45, 7) is 6.07. The number of aliphatic hydroxyl groups excluding tert-OH is 1. The van der Waals surface area contributed by atoms with Gasteiger partial charge in [0.2, 0.25) is 5.91 Å². The molecule has 114 valence electrons. The Bertz CT molecular complexity index is 414. The minimum Gasteiger partial charge on any atom is -0.394 e. The lowest BCUT2D eigenvalue weighted by Gasteiger charge is -2.62. The van der Waals surface area contributed by atoms with E-state index in [9.17, 15) is 9.90 Å². The van der Waals surface area contributed by atoms with Gasteiger partial charge in [-0.15, -0.1) is 0 Å². The van der Waals surface area contributed by atoms with Crippen LogP contribution >= 0.6 is 0 Å². The molecule has 0 spiro atoms. The Morgan fingerprint density at radius 2 is 2.15 bits per heavy atom. The number of aliphatic hydroxyl groups is 1. The van der Waals surface area contributed by atoms with Crippen molar-refractivity contribution in [2.24, 2.45) is 17.1 Å². The van der Waals surface area contributed by atoms with E-state index in [-0.39, 0.29) is 36.1 Å². The summed E-state index contributed by atoms with van der Waals surface area (Å²) < 4.78 is 11.1. The summed E-state index contributed by atoms with van der Waals surface area (Å²) in [6.07, 6.45) is 0.644. The Balaban J connectivity index is 1.79. The quantitative estimate of drug-likeness (QED) is 0.704. The van der Waals surface area contributed by atoms with E-state index in [1.54, 1.807) is 4.90 Å². The fourth-order valence-corrected chi connectivity index (χ4v) is 4.09. The largest absolute Gasteiger partial charge is 0.394 e. The number of hydrogen-bond acceptors (Lipinski definition) is 5. The van der Waals surface area contributed by atoms with Crippen molar-refractivity contribution in [1.29, 1.82) is 0 Å². The number of carbonyl (C=O) groups is 1. The van der Waals surface area contributed by atoms with Crippen molar-refractivity contribution in [1.82, 2.24) is 4.90 Å². The van der Waals surface area contributed by atoms with Crippen LogP contribution < -0.4 is 5.73 Å². The second-order valence-electron chi connectivity index (χ2n) is 6.70. The zero-order valence-electron chi connectivity index (χ0n) is 12.2. The van der Waals surface area contributed by atoms with Gasteiger partial charge in [0.25, 0.3) is 0 Å². The molecule has 1 aliphatic carbocycles. The molecule has 1 saturated carbocycles. The molecular weight excluding hydrogens is 260 g/mol. The monoisotopic (exact) mass is 284 g/mol. The molecule has 0 radical (unpaired) electrons. The van der Waals surface area contributed by atoms with Crippen molar-refractivity contribution in [3.05, 3.63) is 0 Å². The Morgan fingerprint density at radius 1 is 1.40 bits per heavy atom. The predicted molar refractivity (Wildman–Crippen MR) is 72.0 cm³/mol. The molecular formula is C14H24N2O4. The van der Waals surface area contributed by atoms with Crippen LogP contribution in [0.15, 0.2) is 0 Å². The minimum atomic E-state index is -0.856. The van der Waals surface area contributed by atoms with Gasteiger partial charge in [-0.05, 0) is 6.42 Å². The summed E-state index contributed by atoms with van der Waals surface area (Å²) in [6, 6.07) is 0. The summed E-state index contributed by atoms with van der Waals surface area (Å²) in [7, 11) is 0. The molecule has 3 fully saturated rings. The third-order valence-corrected chi connectivity index (χ3v) is 5.44. The fraction of sp³-hybridized carbons (Fsp3) is 0.929. The summed E-state index contributed by atoms with van der Waals surface area (Å²) in [4.78, 5) is 14.7. The molecule has 20 heavy (non-hydrogen) atoms. The van der Waals surface area contributed by atoms with E-state index in [1.165, 1.54) is 0 Å². The lowest BCUT2D eigenvalue weighted by Crippen LogP contribution is -2.80. The molecule has 2 heterocycles. The number of fused-ring (bicyclic) bond motifs is 1. The van der Waals surface area contributed by atoms with Crippen LogP contribution in [0.25, 0.3) is 0 Å². The number of nitrogens with zero attached hydrogens (tertiary/aromatic N) is 1. The number of nitrogens with two attached hydrogens (primary N) is 1. The van der Waals surface area contributed by atoms with E-state index in [1.807, 2.05) is 13.8 Å². The summed E-state index contributed by atoms with van der Waals surface area (Å²) >= 11 is 0. The fourth-order valence-electron chi connectivity index (χ4n) is 4.09. The molecule has 0 aromatic rings. The molecule has 4 unspecified atom stereocenters. The number of carbonyl (C=O) groups excluding carboxylic acids is 1. The van der Waals surface area contributed by atoms with Crippen molar-refractivity contribution >= 4 is 5.91 Å². The standard InChI is InChI=1S/C14H24N2O4/c1-13(2)11-10(3-5-20-11)14(13,15)12(18)16-4-6-19-9(7-16)8-17/h9-11,17H,3-8,15H2,1-2H3. The van der Waals surface area contributed by atoms with E-state index >= 15 is 0 Å². The first-order valence-corrected chi connectivity index (χ1v) is 7.35. The smallest absolute Gasteiger partial charge is 0.243 e. The molecule has 2 aliphatic heterocycles. The van der Waals surface area contributed by atoms with Crippen LogP contribution in [0.5, 0.6) is 0 Å². The van der Waals surface area contributed by atoms with E-state index in [4.69, 9.17) is 15.2 Å². The molecule has 3 rings (SSSR count). The first-order valence-electron chi connectivity index (χ1n) is 7.35. The van der Waals surface area contributed by atoms with Gasteiger partial charge in [-0.2, -0.15) is 0 Å². The number of hydrogen-bond donors (Lipinski definition) is 2. The first kappa shape index (κ1) is 14.3. The SMILES string of the molecule is CC1(C)C2OCCC2C1(N)C(=O)N1CCOC(CO)C1. The molecule has 4 atom stereocenters. The van der Waals surface area contributed by atoms with Gasteiger partial charge in [-0.3, -0.25) is 4.79 Å². The van der Waals surface area contributed by atoms with Gasteiger partial charge in [-0.25, -0.2) is 0 Å². The summed E-state index contributed by atoms with van der Waals surface area (Å²) in [5.74, 6) is 0.0939. The van der Waals surface area contributed by atoms with Crippen molar-refractivity contribution in [2.75, 3.05) is 32.9 Å². The molecule has 6 heteroatoms. The number of ether oxygens (including phenoxy) is 2. The number of morpholine rings is 1. The first-order chi connectivity index (χ1) is 9.42. The highest BCUT2D eigenvalue weighted by molar-refractivity contribution is 5.89. The zero-order chi connectivity index (χ0) is 14.5. The van der Waals surface area contributed by atoms with E-state index in [0.29, 0.717) is 26.3 Å². The van der Waals surface area contributed by atoms with Crippen LogP contribution in [-0.4, -0.2) is 66.6 Å². The molecule has 3 aliphatic rings. The summed E-state index contributed by atoms with van der Waals surface area (Å²) in [5.41, 5.74) is 5.35. The van der Waals surface area contributed by atoms with Crippen molar-refractivity contribution in [2.45, 2.75) is 38.0 Å². The van der Waals surface area contributed by atoms with Crippen molar-refractivity contribution in [3.8, 4) is 0 Å². The van der Waals surface area contributed by atoms with Crippen LogP contribution in [0, 0.1) is 11.3 Å². The van der Waals surface area contributed by atoms with Gasteiger partial charge in [0.15, 0.2) is 0 Å². The predicted octanol–water partition coefficient (Wildman–Crippen LogP) is -0.651. The van der Waals surface area contributed by atoms with E-state index < -0.39 is 5.54 Å². The zero-order valence-corrected chi connectivity index (χ0v) is 12.2. The van der Waals surface area contributed by atoms with Crippen LogP contribution in [0.3, 0.4) is 0 Å². The van der Waals surface area contributed by atoms with Gasteiger partial charge in [0.05, 0.1) is 25.4 Å². The lowest BCUT2D eigenvalue weighted by atomic mass is 9.47. The number of amides is 1. The molecule has 6 nitrogen and oxygen atoms in total. The van der Waals surface area contributed by atoms with Gasteiger partial charge < -0.3 is 25.2 Å². The highest BCUT2D eigenvalue weighted by Gasteiger charge is 2.72. The van der Waals surface area contributed by atoms with Crippen LogP contribution in [-0.2, 0) is 14.3 Å². The molecule has 2 saturated heterocycles. The molecule has 0 aromatic heterocycles. The number of rotatable bonds is 2. The van der Waals surface area contributed by atoms with Crippen molar-refractivity contribution < 1.29 is 19.4 Å². The maximum absolute atomic E-state index is 12.9. The van der Waals surface area contributed by atoms with Gasteiger partial charge in [0.1, 0.15) is 5.54 Å². The average Bonchev–Trinajstić information content (AvgIpc) is 2.94. The Hall–Kier alpha value is -0.690. The van der Waals surface area contributed by atoms with Gasteiger partial charge >= 0.3 is 0 Å². The van der Waals surface area contributed by atoms with Gasteiger partial charge in [-0.1, -0.05) is 13.8 Å². The molecule has 0 aromatic carbocycles. The van der Waals surface area contributed by atoms with Crippen LogP contribution in [0.1, 0.15) is 20.3 Å². The van der Waals surface area contributed by atoms with Crippen molar-refractivity contribution in [3.63, 3.8) is 0 Å². The van der Waals surface area contributed by atoms with E-state index in [2.05, 4.69) is 0 Å². The lowest BCUT2D eigenvalue weighted by molar-refractivity contribution is -0.189.